The van der Waals surface area contributed by atoms with E-state index in [-0.39, 0.29) is 5.78 Å². The SMILES string of the molecule is Cc1cccc(C(=O)CCCNC(=O)OC(C)(C)C)n1. The highest BCUT2D eigenvalue weighted by atomic mass is 16.6. The van der Waals surface area contributed by atoms with E-state index in [1.165, 1.54) is 0 Å². The quantitative estimate of drug-likeness (QED) is 0.664. The van der Waals surface area contributed by atoms with Crippen LogP contribution in [0.5, 0.6) is 0 Å². The maximum atomic E-state index is 11.9. The first-order valence-electron chi connectivity index (χ1n) is 6.71. The van der Waals surface area contributed by atoms with Crippen LogP contribution in [0.25, 0.3) is 0 Å². The molecule has 0 aliphatic heterocycles. The lowest BCUT2D eigenvalue weighted by Crippen LogP contribution is -2.33. The zero-order chi connectivity index (χ0) is 15.2. The molecule has 0 aromatic carbocycles. The molecule has 5 heteroatoms. The largest absolute Gasteiger partial charge is 0.444 e. The van der Waals surface area contributed by atoms with Crippen molar-refractivity contribution in [3.63, 3.8) is 0 Å². The van der Waals surface area contributed by atoms with Crippen LogP contribution < -0.4 is 5.32 Å². The van der Waals surface area contributed by atoms with Crippen LogP contribution in [-0.4, -0.2) is 29.0 Å². The van der Waals surface area contributed by atoms with E-state index in [0.29, 0.717) is 25.1 Å². The summed E-state index contributed by atoms with van der Waals surface area (Å²) in [5.74, 6) is -0.0142. The minimum Gasteiger partial charge on any atom is -0.444 e. The number of pyridine rings is 1. The molecular formula is C15H22N2O3. The number of amides is 1. The predicted octanol–water partition coefficient (Wildman–Crippen LogP) is 2.88. The number of Topliss-reactive ketones (excluding diaryl/α,β-unsaturated/α-hetero) is 1. The molecule has 0 saturated carbocycles. The Morgan fingerprint density at radius 1 is 1.30 bits per heavy atom. The van der Waals surface area contributed by atoms with Gasteiger partial charge < -0.3 is 10.1 Å². The molecule has 0 fully saturated rings. The highest BCUT2D eigenvalue weighted by molar-refractivity contribution is 5.94. The Morgan fingerprint density at radius 2 is 2.00 bits per heavy atom. The third-order valence-corrected chi connectivity index (χ3v) is 2.42. The van der Waals surface area contributed by atoms with Crippen molar-refractivity contribution in [2.45, 2.75) is 46.1 Å². The molecule has 1 rings (SSSR count). The normalized spacial score (nSPS) is 11.0. The highest BCUT2D eigenvalue weighted by Gasteiger charge is 2.15. The number of ketones is 1. The number of nitrogens with one attached hydrogen (secondary N) is 1. The van der Waals surface area contributed by atoms with Crippen LogP contribution in [0.2, 0.25) is 0 Å². The molecule has 0 saturated heterocycles. The summed E-state index contributed by atoms with van der Waals surface area (Å²) >= 11 is 0. The Bertz CT molecular complexity index is 478. The Morgan fingerprint density at radius 3 is 2.60 bits per heavy atom. The zero-order valence-corrected chi connectivity index (χ0v) is 12.5. The topological polar surface area (TPSA) is 68.3 Å². The summed E-state index contributed by atoms with van der Waals surface area (Å²) in [6, 6.07) is 5.37. The molecule has 1 aromatic heterocycles. The number of aryl methyl sites for hydroxylation is 1. The molecule has 1 N–H and O–H groups in total. The predicted molar refractivity (Wildman–Crippen MR) is 76.8 cm³/mol. The van der Waals surface area contributed by atoms with Gasteiger partial charge in [-0.3, -0.25) is 9.78 Å². The summed E-state index contributed by atoms with van der Waals surface area (Å²) in [4.78, 5) is 27.4. The van der Waals surface area contributed by atoms with E-state index in [0.717, 1.165) is 5.69 Å². The third-order valence-electron chi connectivity index (χ3n) is 2.42. The summed E-state index contributed by atoms with van der Waals surface area (Å²) in [5.41, 5.74) is 0.788. The number of rotatable bonds is 5. The average Bonchev–Trinajstić information content (AvgIpc) is 2.32. The monoisotopic (exact) mass is 278 g/mol. The molecule has 0 unspecified atom stereocenters. The fourth-order valence-electron chi connectivity index (χ4n) is 1.58. The van der Waals surface area contributed by atoms with Gasteiger partial charge in [-0.25, -0.2) is 4.79 Å². The van der Waals surface area contributed by atoms with Crippen molar-refractivity contribution in [1.29, 1.82) is 0 Å². The van der Waals surface area contributed by atoms with Gasteiger partial charge in [-0.1, -0.05) is 6.07 Å². The molecule has 1 amide bonds. The van der Waals surface area contributed by atoms with Gasteiger partial charge in [-0.05, 0) is 46.2 Å². The lowest BCUT2D eigenvalue weighted by molar-refractivity contribution is 0.0525. The van der Waals surface area contributed by atoms with Crippen LogP contribution in [0.15, 0.2) is 18.2 Å². The van der Waals surface area contributed by atoms with E-state index in [1.54, 1.807) is 26.8 Å². The fraction of sp³-hybridized carbons (Fsp3) is 0.533. The Hall–Kier alpha value is -1.91. The van der Waals surface area contributed by atoms with Gasteiger partial charge >= 0.3 is 6.09 Å². The van der Waals surface area contributed by atoms with Crippen LogP contribution in [0.4, 0.5) is 4.79 Å². The molecular weight excluding hydrogens is 256 g/mol. The summed E-state index contributed by atoms with van der Waals surface area (Å²) < 4.78 is 5.10. The smallest absolute Gasteiger partial charge is 0.407 e. The standard InChI is InChI=1S/C15H22N2O3/c1-11-7-5-8-12(17-11)13(18)9-6-10-16-14(19)20-15(2,3)4/h5,7-8H,6,9-10H2,1-4H3,(H,16,19). The van der Waals surface area contributed by atoms with Crippen LogP contribution in [0, 0.1) is 6.92 Å². The van der Waals surface area contributed by atoms with Gasteiger partial charge in [-0.15, -0.1) is 0 Å². The van der Waals surface area contributed by atoms with Crippen molar-refractivity contribution in [3.8, 4) is 0 Å². The number of nitrogens with zero attached hydrogens (tertiary/aromatic N) is 1. The number of alkyl carbamates (subject to hydrolysis) is 1. The molecule has 1 aromatic rings. The van der Waals surface area contributed by atoms with Crippen LogP contribution in [-0.2, 0) is 4.74 Å². The number of hydrogen-bond donors (Lipinski definition) is 1. The number of ether oxygens (including phenoxy) is 1. The maximum absolute atomic E-state index is 11.9. The summed E-state index contributed by atoms with van der Waals surface area (Å²) in [7, 11) is 0. The molecule has 0 radical (unpaired) electrons. The number of aromatic nitrogens is 1. The fourth-order valence-corrected chi connectivity index (χ4v) is 1.58. The molecule has 5 nitrogen and oxygen atoms in total. The van der Waals surface area contributed by atoms with Gasteiger partial charge in [0.25, 0.3) is 0 Å². The zero-order valence-electron chi connectivity index (χ0n) is 12.5. The molecule has 0 aliphatic rings. The molecule has 0 bridgehead atoms. The number of carbonyl (C=O) groups is 2. The molecule has 110 valence electrons. The van der Waals surface area contributed by atoms with Gasteiger partial charge in [0.2, 0.25) is 0 Å². The van der Waals surface area contributed by atoms with E-state index in [9.17, 15) is 9.59 Å². The second kappa shape index (κ2) is 7.03. The van der Waals surface area contributed by atoms with Crippen molar-refractivity contribution in [2.75, 3.05) is 6.54 Å². The van der Waals surface area contributed by atoms with Gasteiger partial charge in [0.1, 0.15) is 11.3 Å². The van der Waals surface area contributed by atoms with Crippen molar-refractivity contribution in [3.05, 3.63) is 29.6 Å². The van der Waals surface area contributed by atoms with Crippen LogP contribution >= 0.6 is 0 Å². The van der Waals surface area contributed by atoms with E-state index in [4.69, 9.17) is 4.74 Å². The number of carbonyl (C=O) groups excluding carboxylic acids is 2. The number of hydrogen-bond acceptors (Lipinski definition) is 4. The second-order valence-electron chi connectivity index (χ2n) is 5.62. The molecule has 0 aliphatic carbocycles. The molecule has 0 atom stereocenters. The van der Waals surface area contributed by atoms with Gasteiger partial charge in [-0.2, -0.15) is 0 Å². The van der Waals surface area contributed by atoms with Crippen molar-refractivity contribution >= 4 is 11.9 Å². The maximum Gasteiger partial charge on any atom is 0.407 e. The van der Waals surface area contributed by atoms with E-state index in [2.05, 4.69) is 10.3 Å². The first-order valence-corrected chi connectivity index (χ1v) is 6.71. The van der Waals surface area contributed by atoms with Gasteiger partial charge in [0, 0.05) is 18.7 Å². The third kappa shape index (κ3) is 6.31. The van der Waals surface area contributed by atoms with E-state index < -0.39 is 11.7 Å². The van der Waals surface area contributed by atoms with Crippen molar-refractivity contribution in [2.24, 2.45) is 0 Å². The summed E-state index contributed by atoms with van der Waals surface area (Å²) in [5, 5.41) is 2.62. The minimum absolute atomic E-state index is 0.0142. The lowest BCUT2D eigenvalue weighted by Gasteiger charge is -2.19. The first-order chi connectivity index (χ1) is 9.28. The highest BCUT2D eigenvalue weighted by Crippen LogP contribution is 2.07. The van der Waals surface area contributed by atoms with E-state index in [1.807, 2.05) is 19.1 Å². The lowest BCUT2D eigenvalue weighted by atomic mass is 10.1. The Balaban J connectivity index is 2.28. The first kappa shape index (κ1) is 16.1. The summed E-state index contributed by atoms with van der Waals surface area (Å²) in [6.45, 7) is 7.67. The summed E-state index contributed by atoms with van der Waals surface area (Å²) in [6.07, 6.45) is 0.457. The van der Waals surface area contributed by atoms with Gasteiger partial charge in [0.15, 0.2) is 5.78 Å². The van der Waals surface area contributed by atoms with Crippen LogP contribution in [0.1, 0.15) is 49.8 Å². The average molecular weight is 278 g/mol. The Labute approximate surface area is 119 Å². The van der Waals surface area contributed by atoms with Gasteiger partial charge in [0.05, 0.1) is 0 Å². The molecule has 0 spiro atoms. The molecule has 1 heterocycles. The van der Waals surface area contributed by atoms with Crippen molar-refractivity contribution in [1.82, 2.24) is 10.3 Å². The van der Waals surface area contributed by atoms with Crippen LogP contribution in [0.3, 0.4) is 0 Å². The van der Waals surface area contributed by atoms with Crippen molar-refractivity contribution < 1.29 is 14.3 Å². The second-order valence-corrected chi connectivity index (χ2v) is 5.62. The molecule has 20 heavy (non-hydrogen) atoms. The van der Waals surface area contributed by atoms with E-state index >= 15 is 0 Å². The minimum atomic E-state index is -0.509. The Kier molecular flexibility index (Phi) is 5.67.